The number of piperidine rings is 1. The molecule has 1 unspecified atom stereocenters. The van der Waals surface area contributed by atoms with Gasteiger partial charge in [-0.25, -0.2) is 0 Å². The van der Waals surface area contributed by atoms with Crippen LogP contribution >= 0.6 is 0 Å². The monoisotopic (exact) mass is 363 g/mol. The molecule has 2 fully saturated rings. The predicted octanol–water partition coefficient (Wildman–Crippen LogP) is 0.798. The van der Waals surface area contributed by atoms with Crippen molar-refractivity contribution >= 4 is 17.6 Å². The molecule has 1 N–H and O–H groups in total. The molecule has 2 aliphatic heterocycles. The third-order valence-electron chi connectivity index (χ3n) is 5.10. The van der Waals surface area contributed by atoms with Gasteiger partial charge >= 0.3 is 0 Å². The fourth-order valence-corrected chi connectivity index (χ4v) is 3.62. The number of carbonyl (C=O) groups is 2. The Morgan fingerprint density at radius 3 is 2.50 bits per heavy atom. The number of aryl methyl sites for hydroxylation is 1. The number of piperazine rings is 1. The number of anilines is 1. The lowest BCUT2D eigenvalue weighted by atomic mass is 10.0. The van der Waals surface area contributed by atoms with Gasteiger partial charge in [0.2, 0.25) is 11.8 Å². The van der Waals surface area contributed by atoms with Gasteiger partial charge in [0.1, 0.15) is 5.76 Å². The first kappa shape index (κ1) is 18.8. The van der Waals surface area contributed by atoms with Crippen LogP contribution < -0.4 is 5.32 Å². The van der Waals surface area contributed by atoms with E-state index in [9.17, 15) is 9.59 Å². The van der Waals surface area contributed by atoms with Gasteiger partial charge in [0, 0.05) is 45.3 Å². The summed E-state index contributed by atoms with van der Waals surface area (Å²) in [7, 11) is 0. The Morgan fingerprint density at radius 1 is 1.19 bits per heavy atom. The highest BCUT2D eigenvalue weighted by Gasteiger charge is 2.25. The van der Waals surface area contributed by atoms with E-state index in [1.807, 2.05) is 4.90 Å². The number of nitrogens with one attached hydrogen (secondary N) is 1. The van der Waals surface area contributed by atoms with E-state index in [2.05, 4.69) is 27.2 Å². The second-order valence-corrected chi connectivity index (χ2v) is 7.51. The van der Waals surface area contributed by atoms with Crippen molar-refractivity contribution in [1.29, 1.82) is 0 Å². The summed E-state index contributed by atoms with van der Waals surface area (Å²) in [6, 6.07) is 1.70. The molecular weight excluding hydrogens is 334 g/mol. The summed E-state index contributed by atoms with van der Waals surface area (Å²) in [6.45, 7) is 9.80. The molecule has 0 radical (unpaired) electrons. The smallest absolute Gasteiger partial charge is 0.239 e. The highest BCUT2D eigenvalue weighted by Crippen LogP contribution is 2.16. The van der Waals surface area contributed by atoms with Gasteiger partial charge in [0.15, 0.2) is 5.82 Å². The minimum Gasteiger partial charge on any atom is -0.360 e. The number of rotatable bonds is 5. The zero-order valence-electron chi connectivity index (χ0n) is 15.7. The third kappa shape index (κ3) is 5.28. The van der Waals surface area contributed by atoms with E-state index < -0.39 is 0 Å². The van der Waals surface area contributed by atoms with Gasteiger partial charge in [-0.2, -0.15) is 0 Å². The summed E-state index contributed by atoms with van der Waals surface area (Å²) in [5.74, 6) is 1.88. The van der Waals surface area contributed by atoms with E-state index in [1.165, 1.54) is 6.42 Å². The first-order chi connectivity index (χ1) is 12.5. The molecule has 0 aliphatic carbocycles. The van der Waals surface area contributed by atoms with Crippen molar-refractivity contribution in [3.63, 3.8) is 0 Å². The molecule has 0 spiro atoms. The van der Waals surface area contributed by atoms with Gasteiger partial charge in [-0.1, -0.05) is 12.1 Å². The Labute approximate surface area is 154 Å². The maximum Gasteiger partial charge on any atom is 0.239 e. The molecule has 144 valence electrons. The first-order valence-electron chi connectivity index (χ1n) is 9.45. The van der Waals surface area contributed by atoms with Crippen molar-refractivity contribution in [2.24, 2.45) is 5.92 Å². The molecule has 1 aromatic heterocycles. The third-order valence-corrected chi connectivity index (χ3v) is 5.10. The van der Waals surface area contributed by atoms with Gasteiger partial charge in [0.25, 0.3) is 0 Å². The van der Waals surface area contributed by atoms with E-state index >= 15 is 0 Å². The lowest BCUT2D eigenvalue weighted by molar-refractivity contribution is -0.134. The van der Waals surface area contributed by atoms with Gasteiger partial charge in [-0.3, -0.25) is 19.4 Å². The summed E-state index contributed by atoms with van der Waals surface area (Å²) in [5, 5.41) is 6.51. The molecule has 26 heavy (non-hydrogen) atoms. The van der Waals surface area contributed by atoms with Gasteiger partial charge in [-0.15, -0.1) is 0 Å². The lowest BCUT2D eigenvalue weighted by Gasteiger charge is -2.36. The van der Waals surface area contributed by atoms with Crippen molar-refractivity contribution in [2.75, 3.05) is 57.7 Å². The molecule has 2 aliphatic rings. The highest BCUT2D eigenvalue weighted by molar-refractivity contribution is 5.91. The molecule has 8 heteroatoms. The average molecular weight is 363 g/mol. The number of amides is 2. The minimum absolute atomic E-state index is 0.0925. The molecule has 1 atom stereocenters. The number of nitrogens with zero attached hydrogens (tertiary/aromatic N) is 4. The van der Waals surface area contributed by atoms with Crippen LogP contribution in [0.15, 0.2) is 10.6 Å². The Kier molecular flexibility index (Phi) is 6.26. The zero-order chi connectivity index (χ0) is 18.5. The minimum atomic E-state index is -0.0925. The van der Waals surface area contributed by atoms with E-state index in [4.69, 9.17) is 4.52 Å². The van der Waals surface area contributed by atoms with E-state index in [-0.39, 0.29) is 11.8 Å². The summed E-state index contributed by atoms with van der Waals surface area (Å²) in [5.41, 5.74) is 0. The molecule has 8 nitrogen and oxygen atoms in total. The van der Waals surface area contributed by atoms with Crippen molar-refractivity contribution < 1.29 is 14.1 Å². The number of likely N-dealkylation sites (tertiary alicyclic amines) is 1. The predicted molar refractivity (Wildman–Crippen MR) is 97.7 cm³/mol. The molecule has 2 amide bonds. The second-order valence-electron chi connectivity index (χ2n) is 7.51. The molecule has 3 heterocycles. The van der Waals surface area contributed by atoms with Crippen LogP contribution in [0.1, 0.15) is 25.5 Å². The molecular formula is C18H29N5O3. The van der Waals surface area contributed by atoms with Crippen molar-refractivity contribution in [2.45, 2.75) is 26.7 Å². The number of carbonyl (C=O) groups excluding carboxylic acids is 2. The quantitative estimate of drug-likeness (QED) is 0.833. The standard InChI is InChI=1S/C18H29N5O3/c1-14-4-3-5-23(11-14)18(25)13-22-8-6-21(7-9-22)12-17(24)19-16-10-15(2)26-20-16/h10,14H,3-9,11-13H2,1-2H3,(H,19,20,24). The summed E-state index contributed by atoms with van der Waals surface area (Å²) < 4.78 is 4.94. The summed E-state index contributed by atoms with van der Waals surface area (Å²) in [4.78, 5) is 30.8. The van der Waals surface area contributed by atoms with Gasteiger partial charge in [-0.05, 0) is 25.7 Å². The van der Waals surface area contributed by atoms with E-state index in [1.54, 1.807) is 13.0 Å². The maximum atomic E-state index is 12.5. The lowest BCUT2D eigenvalue weighted by Crippen LogP contribution is -2.52. The van der Waals surface area contributed by atoms with Gasteiger partial charge < -0.3 is 14.7 Å². The Hall–Kier alpha value is -1.93. The zero-order valence-corrected chi connectivity index (χ0v) is 15.7. The molecule has 2 saturated heterocycles. The Morgan fingerprint density at radius 2 is 1.88 bits per heavy atom. The first-order valence-corrected chi connectivity index (χ1v) is 9.45. The SMILES string of the molecule is Cc1cc(NC(=O)CN2CCN(CC(=O)N3CCCC(C)C3)CC2)no1. The van der Waals surface area contributed by atoms with E-state index in [0.29, 0.717) is 30.6 Å². The van der Waals surface area contributed by atoms with Crippen molar-refractivity contribution in [3.8, 4) is 0 Å². The molecule has 0 bridgehead atoms. The van der Waals surface area contributed by atoms with Crippen LogP contribution in [0, 0.1) is 12.8 Å². The number of hydrogen-bond acceptors (Lipinski definition) is 6. The fourth-order valence-electron chi connectivity index (χ4n) is 3.62. The van der Waals surface area contributed by atoms with Crippen LogP contribution in [0.4, 0.5) is 5.82 Å². The van der Waals surface area contributed by atoms with Crippen LogP contribution in [-0.2, 0) is 9.59 Å². The molecule has 1 aromatic rings. The molecule has 0 saturated carbocycles. The number of hydrogen-bond donors (Lipinski definition) is 1. The fraction of sp³-hybridized carbons (Fsp3) is 0.722. The average Bonchev–Trinajstić information content (AvgIpc) is 3.01. The normalized spacial score (nSPS) is 22.4. The molecule has 3 rings (SSSR count). The largest absolute Gasteiger partial charge is 0.360 e. The maximum absolute atomic E-state index is 12.5. The van der Waals surface area contributed by atoms with Crippen LogP contribution in [0.3, 0.4) is 0 Å². The topological polar surface area (TPSA) is 81.9 Å². The number of aromatic nitrogens is 1. The van der Waals surface area contributed by atoms with E-state index in [0.717, 1.165) is 45.7 Å². The Balaban J connectivity index is 1.37. The van der Waals surface area contributed by atoms with Crippen LogP contribution in [-0.4, -0.2) is 84.0 Å². The second kappa shape index (κ2) is 8.64. The highest BCUT2D eigenvalue weighted by atomic mass is 16.5. The van der Waals surface area contributed by atoms with Crippen LogP contribution in [0.5, 0.6) is 0 Å². The van der Waals surface area contributed by atoms with Gasteiger partial charge in [0.05, 0.1) is 13.1 Å². The summed E-state index contributed by atoms with van der Waals surface area (Å²) >= 11 is 0. The Bertz CT molecular complexity index is 624. The molecule has 0 aromatic carbocycles. The van der Waals surface area contributed by atoms with Crippen LogP contribution in [0.2, 0.25) is 0 Å². The van der Waals surface area contributed by atoms with Crippen molar-refractivity contribution in [3.05, 3.63) is 11.8 Å². The van der Waals surface area contributed by atoms with Crippen LogP contribution in [0.25, 0.3) is 0 Å². The summed E-state index contributed by atoms with van der Waals surface area (Å²) in [6.07, 6.45) is 2.33. The van der Waals surface area contributed by atoms with Crippen molar-refractivity contribution in [1.82, 2.24) is 19.9 Å².